The molecule has 1 saturated carbocycles. The number of nitrogens with zero attached hydrogens (tertiary/aromatic N) is 1. The summed E-state index contributed by atoms with van der Waals surface area (Å²) in [6, 6.07) is 8.12. The van der Waals surface area contributed by atoms with E-state index in [1.165, 1.54) is 23.8 Å². The van der Waals surface area contributed by atoms with E-state index >= 15 is 0 Å². The van der Waals surface area contributed by atoms with Crippen LogP contribution in [0.3, 0.4) is 0 Å². The van der Waals surface area contributed by atoms with Crippen molar-refractivity contribution >= 4 is 16.6 Å². The first-order valence-electron chi connectivity index (χ1n) is 4.99. The Morgan fingerprint density at radius 2 is 2.07 bits per heavy atom. The van der Waals surface area contributed by atoms with Crippen molar-refractivity contribution in [2.45, 2.75) is 18.8 Å². The smallest absolute Gasteiger partial charge is 0.0725 e. The molecule has 0 aliphatic heterocycles. The lowest BCUT2D eigenvalue weighted by atomic mass is 10.1. The van der Waals surface area contributed by atoms with E-state index in [1.54, 1.807) is 0 Å². The van der Waals surface area contributed by atoms with E-state index in [2.05, 4.69) is 17.1 Å². The van der Waals surface area contributed by atoms with Crippen molar-refractivity contribution in [1.82, 2.24) is 4.98 Å². The second-order valence-electron chi connectivity index (χ2n) is 3.95. The summed E-state index contributed by atoms with van der Waals surface area (Å²) in [7, 11) is 0. The molecule has 1 heterocycles. The number of nitrogens with two attached hydrogens (primary N) is 1. The quantitative estimate of drug-likeness (QED) is 0.692. The maximum Gasteiger partial charge on any atom is 0.0725 e. The lowest BCUT2D eigenvalue weighted by molar-refractivity contribution is 1.14. The Labute approximate surface area is 82.8 Å². The number of hydrogen-bond donors (Lipinski definition) is 1. The van der Waals surface area contributed by atoms with Crippen LogP contribution in [0.25, 0.3) is 10.9 Å². The second-order valence-corrected chi connectivity index (χ2v) is 3.95. The first-order valence-corrected chi connectivity index (χ1v) is 4.99. The molecule has 2 nitrogen and oxygen atoms in total. The molecule has 1 aliphatic rings. The molecular formula is C12H12N2. The minimum absolute atomic E-state index is 0.768. The summed E-state index contributed by atoms with van der Waals surface area (Å²) >= 11 is 0. The predicted molar refractivity (Wildman–Crippen MR) is 58.1 cm³/mol. The zero-order valence-corrected chi connectivity index (χ0v) is 7.90. The number of nitrogen functional groups attached to an aromatic ring is 1. The molecule has 1 aromatic carbocycles. The number of hydrogen-bond acceptors (Lipinski definition) is 2. The molecule has 3 rings (SSSR count). The molecule has 1 aliphatic carbocycles. The normalized spacial score (nSPS) is 16.0. The monoisotopic (exact) mass is 184 g/mol. The summed E-state index contributed by atoms with van der Waals surface area (Å²) in [6.45, 7) is 0. The van der Waals surface area contributed by atoms with Crippen LogP contribution >= 0.6 is 0 Å². The third-order valence-corrected chi connectivity index (χ3v) is 2.82. The summed E-state index contributed by atoms with van der Waals surface area (Å²) < 4.78 is 0. The van der Waals surface area contributed by atoms with Crippen LogP contribution in [0.15, 0.2) is 30.5 Å². The van der Waals surface area contributed by atoms with Crippen molar-refractivity contribution in [1.29, 1.82) is 0 Å². The first kappa shape index (κ1) is 7.80. The molecule has 2 aromatic rings. The van der Waals surface area contributed by atoms with E-state index in [9.17, 15) is 0 Å². The van der Waals surface area contributed by atoms with Gasteiger partial charge in [-0.15, -0.1) is 0 Å². The van der Waals surface area contributed by atoms with E-state index in [0.717, 1.165) is 17.1 Å². The van der Waals surface area contributed by atoms with E-state index in [-0.39, 0.29) is 0 Å². The van der Waals surface area contributed by atoms with Crippen LogP contribution in [-0.4, -0.2) is 4.98 Å². The average molecular weight is 184 g/mol. The number of fused-ring (bicyclic) bond motifs is 1. The highest BCUT2D eigenvalue weighted by molar-refractivity contribution is 5.85. The van der Waals surface area contributed by atoms with Crippen LogP contribution in [0.5, 0.6) is 0 Å². The van der Waals surface area contributed by atoms with Gasteiger partial charge in [-0.2, -0.15) is 0 Å². The molecule has 0 saturated heterocycles. The molecule has 0 unspecified atom stereocenters. The molecule has 0 atom stereocenters. The van der Waals surface area contributed by atoms with E-state index in [1.807, 2.05) is 18.3 Å². The highest BCUT2D eigenvalue weighted by Gasteiger charge is 2.25. The number of pyridine rings is 1. The average Bonchev–Trinajstić information content (AvgIpc) is 2.99. The summed E-state index contributed by atoms with van der Waals surface area (Å²) in [5.41, 5.74) is 8.98. The Hall–Kier alpha value is -1.57. The van der Waals surface area contributed by atoms with Crippen LogP contribution in [0.4, 0.5) is 5.69 Å². The zero-order chi connectivity index (χ0) is 9.54. The third-order valence-electron chi connectivity index (χ3n) is 2.82. The van der Waals surface area contributed by atoms with Gasteiger partial charge in [0, 0.05) is 17.3 Å². The summed E-state index contributed by atoms with van der Waals surface area (Å²) in [5.74, 6) is 0.768. The predicted octanol–water partition coefficient (Wildman–Crippen LogP) is 2.69. The second kappa shape index (κ2) is 2.71. The molecule has 14 heavy (non-hydrogen) atoms. The van der Waals surface area contributed by atoms with Crippen LogP contribution < -0.4 is 5.73 Å². The van der Waals surface area contributed by atoms with Gasteiger partial charge in [0.1, 0.15) is 0 Å². The van der Waals surface area contributed by atoms with Gasteiger partial charge >= 0.3 is 0 Å². The van der Waals surface area contributed by atoms with Crippen molar-refractivity contribution < 1.29 is 0 Å². The molecule has 0 amide bonds. The van der Waals surface area contributed by atoms with Crippen molar-refractivity contribution in [2.24, 2.45) is 0 Å². The van der Waals surface area contributed by atoms with E-state index < -0.39 is 0 Å². The maximum atomic E-state index is 5.73. The molecule has 1 aromatic heterocycles. The van der Waals surface area contributed by atoms with Crippen LogP contribution in [0.1, 0.15) is 24.3 Å². The van der Waals surface area contributed by atoms with E-state index in [4.69, 9.17) is 5.73 Å². The minimum atomic E-state index is 0.768. The molecule has 2 N–H and O–H groups in total. The summed E-state index contributed by atoms with van der Waals surface area (Å²) in [6.07, 6.45) is 4.53. The van der Waals surface area contributed by atoms with Crippen LogP contribution in [0.2, 0.25) is 0 Å². The minimum Gasteiger partial charge on any atom is -0.399 e. The zero-order valence-electron chi connectivity index (χ0n) is 7.90. The van der Waals surface area contributed by atoms with Gasteiger partial charge in [-0.25, -0.2) is 0 Å². The van der Waals surface area contributed by atoms with Crippen molar-refractivity contribution in [3.8, 4) is 0 Å². The number of benzene rings is 1. The first-order chi connectivity index (χ1) is 6.84. The Morgan fingerprint density at radius 1 is 1.21 bits per heavy atom. The van der Waals surface area contributed by atoms with Gasteiger partial charge in [0.2, 0.25) is 0 Å². The maximum absolute atomic E-state index is 5.73. The standard InChI is InChI=1S/C12H12N2/c13-9-3-4-11-10(8-1-2-8)5-6-14-12(11)7-9/h3-8H,1-2,13H2. The van der Waals surface area contributed by atoms with E-state index in [0.29, 0.717) is 0 Å². The SMILES string of the molecule is Nc1ccc2c(C3CC3)ccnc2c1. The van der Waals surface area contributed by atoms with Gasteiger partial charge in [-0.1, -0.05) is 6.07 Å². The lowest BCUT2D eigenvalue weighted by Gasteiger charge is -2.04. The summed E-state index contributed by atoms with van der Waals surface area (Å²) in [4.78, 5) is 4.33. The highest BCUT2D eigenvalue weighted by atomic mass is 14.7. The van der Waals surface area contributed by atoms with Crippen molar-refractivity contribution in [3.63, 3.8) is 0 Å². The van der Waals surface area contributed by atoms with Crippen molar-refractivity contribution in [2.75, 3.05) is 5.73 Å². The van der Waals surface area contributed by atoms with Crippen LogP contribution in [0, 0.1) is 0 Å². The highest BCUT2D eigenvalue weighted by Crippen LogP contribution is 2.42. The Kier molecular flexibility index (Phi) is 1.51. The van der Waals surface area contributed by atoms with Crippen LogP contribution in [-0.2, 0) is 0 Å². The molecule has 0 radical (unpaired) electrons. The fourth-order valence-electron chi connectivity index (χ4n) is 1.94. The van der Waals surface area contributed by atoms with Gasteiger partial charge < -0.3 is 5.73 Å². The number of anilines is 1. The Bertz CT molecular complexity index is 487. The fraction of sp³-hybridized carbons (Fsp3) is 0.250. The largest absolute Gasteiger partial charge is 0.399 e. The number of rotatable bonds is 1. The lowest BCUT2D eigenvalue weighted by Crippen LogP contribution is -1.89. The third kappa shape index (κ3) is 1.15. The van der Waals surface area contributed by atoms with Gasteiger partial charge in [0.05, 0.1) is 5.52 Å². The van der Waals surface area contributed by atoms with Gasteiger partial charge in [0.25, 0.3) is 0 Å². The fourth-order valence-corrected chi connectivity index (χ4v) is 1.94. The summed E-state index contributed by atoms with van der Waals surface area (Å²) in [5, 5.41) is 1.27. The number of aromatic nitrogens is 1. The molecule has 0 bridgehead atoms. The Morgan fingerprint density at radius 3 is 2.86 bits per heavy atom. The van der Waals surface area contributed by atoms with Crippen molar-refractivity contribution in [3.05, 3.63) is 36.0 Å². The molecular weight excluding hydrogens is 172 g/mol. The van der Waals surface area contributed by atoms with Gasteiger partial charge in [0.15, 0.2) is 0 Å². The van der Waals surface area contributed by atoms with Gasteiger partial charge in [-0.05, 0) is 42.5 Å². The topological polar surface area (TPSA) is 38.9 Å². The van der Waals surface area contributed by atoms with Gasteiger partial charge in [-0.3, -0.25) is 4.98 Å². The molecule has 2 heteroatoms. The molecule has 70 valence electrons. The molecule has 1 fully saturated rings. The Balaban J connectivity index is 2.30. The molecule has 0 spiro atoms.